The molecule has 13 aromatic rings. The Morgan fingerprint density at radius 2 is 0.724 bits per heavy atom. The Labute approximate surface area is 332 Å². The largest absolute Gasteiger partial charge is 0.455 e. The fourth-order valence-corrected chi connectivity index (χ4v) is 9.66. The van der Waals surface area contributed by atoms with Gasteiger partial charge in [0, 0.05) is 54.3 Å². The van der Waals surface area contributed by atoms with Crippen molar-refractivity contribution in [1.29, 1.82) is 0 Å². The molecule has 0 saturated heterocycles. The van der Waals surface area contributed by atoms with Crippen LogP contribution in [0.4, 0.5) is 0 Å². The lowest BCUT2D eigenvalue weighted by Gasteiger charge is -2.13. The molecule has 0 N–H and O–H groups in total. The number of para-hydroxylation sites is 6. The summed E-state index contributed by atoms with van der Waals surface area (Å²) in [5.41, 5.74) is 14.7. The second kappa shape index (κ2) is 11.8. The van der Waals surface area contributed by atoms with E-state index in [1.165, 1.54) is 76.5 Å². The zero-order valence-electron chi connectivity index (χ0n) is 31.3. The van der Waals surface area contributed by atoms with Gasteiger partial charge < -0.3 is 8.98 Å². The summed E-state index contributed by atoms with van der Waals surface area (Å²) in [6.45, 7) is 0. The highest BCUT2D eigenvalue weighted by molar-refractivity contribution is 6.14. The van der Waals surface area contributed by atoms with Gasteiger partial charge in [0.25, 0.3) is 0 Å². The third-order valence-electron chi connectivity index (χ3n) is 12.2. The van der Waals surface area contributed by atoms with Crippen molar-refractivity contribution >= 4 is 87.4 Å². The molecule has 0 atom stereocenters. The quantitative estimate of drug-likeness (QED) is 0.177. The Bertz CT molecular complexity index is 3740. The van der Waals surface area contributed by atoms with E-state index in [1.807, 2.05) is 12.1 Å². The van der Waals surface area contributed by atoms with Crippen molar-refractivity contribution in [3.8, 4) is 27.9 Å². The van der Waals surface area contributed by atoms with Crippen LogP contribution in [0.2, 0.25) is 0 Å². The lowest BCUT2D eigenvalue weighted by atomic mass is 10.0. The maximum atomic E-state index is 6.39. The van der Waals surface area contributed by atoms with Gasteiger partial charge in [0.1, 0.15) is 11.2 Å². The average molecular weight is 740 g/mol. The van der Waals surface area contributed by atoms with Crippen LogP contribution in [0, 0.1) is 0 Å². The first-order valence-electron chi connectivity index (χ1n) is 19.9. The first-order valence-corrected chi connectivity index (χ1v) is 19.9. The van der Waals surface area contributed by atoms with Crippen LogP contribution in [0.1, 0.15) is 0 Å². The molecule has 0 bridgehead atoms. The van der Waals surface area contributed by atoms with Gasteiger partial charge in [-0.05, 0) is 83.4 Å². The number of aromatic nitrogens is 3. The number of fused-ring (bicyclic) bond motifs is 12. The Morgan fingerprint density at radius 3 is 1.36 bits per heavy atom. The maximum Gasteiger partial charge on any atom is 0.143 e. The molecule has 0 radical (unpaired) electrons. The van der Waals surface area contributed by atoms with E-state index < -0.39 is 0 Å². The topological polar surface area (TPSA) is 27.9 Å². The molecule has 13 rings (SSSR count). The smallest absolute Gasteiger partial charge is 0.143 e. The zero-order chi connectivity index (χ0) is 37.9. The van der Waals surface area contributed by atoms with Crippen LogP contribution in [0.25, 0.3) is 115 Å². The molecule has 9 aromatic carbocycles. The standard InChI is InChI=1S/C54H33N3O/c1-6-19-47-41(14-1)45-32-35(26-30-48(45)55(47)37-28-24-34(25-29-37)38-17-11-18-44-43-16-5-10-23-53(43)58-54(38)44)36-27-31-52-46(33-36)42-15-4-9-22-51(42)57(52)56-49-20-7-2-12-39(49)40-13-3-8-21-50(40)56/h1-33H. The van der Waals surface area contributed by atoms with Crippen molar-refractivity contribution in [1.82, 2.24) is 13.9 Å². The van der Waals surface area contributed by atoms with Gasteiger partial charge in [0.2, 0.25) is 0 Å². The van der Waals surface area contributed by atoms with Crippen molar-refractivity contribution in [2.45, 2.75) is 0 Å². The minimum Gasteiger partial charge on any atom is -0.455 e. The molecular formula is C54H33N3O. The highest BCUT2D eigenvalue weighted by Crippen LogP contribution is 2.40. The number of hydrogen-bond donors (Lipinski definition) is 0. The Hall–Kier alpha value is -7.82. The summed E-state index contributed by atoms with van der Waals surface area (Å²) in [6.07, 6.45) is 0. The van der Waals surface area contributed by atoms with Crippen LogP contribution in [-0.4, -0.2) is 13.9 Å². The SMILES string of the molecule is c1ccc2c(c1)oc1c(-c3ccc(-n4c5ccccc5c5cc(-c6ccc7c(c6)c6ccccc6n7-n6c7ccccc7c7ccccc76)ccc54)cc3)cccc12. The van der Waals surface area contributed by atoms with E-state index >= 15 is 0 Å². The van der Waals surface area contributed by atoms with E-state index in [0.717, 1.165) is 38.8 Å². The van der Waals surface area contributed by atoms with Crippen LogP contribution in [0.3, 0.4) is 0 Å². The summed E-state index contributed by atoms with van der Waals surface area (Å²) in [5, 5.41) is 9.73. The molecule has 270 valence electrons. The van der Waals surface area contributed by atoms with Crippen LogP contribution >= 0.6 is 0 Å². The number of furan rings is 1. The maximum absolute atomic E-state index is 6.39. The molecule has 4 nitrogen and oxygen atoms in total. The lowest BCUT2D eigenvalue weighted by Crippen LogP contribution is -2.08. The molecule has 4 heterocycles. The normalized spacial score (nSPS) is 12.1. The van der Waals surface area contributed by atoms with Crippen molar-refractivity contribution in [3.63, 3.8) is 0 Å². The monoisotopic (exact) mass is 739 g/mol. The first-order chi connectivity index (χ1) is 28.8. The summed E-state index contributed by atoms with van der Waals surface area (Å²) in [6, 6.07) is 72.5. The highest BCUT2D eigenvalue weighted by atomic mass is 16.3. The molecule has 4 aromatic heterocycles. The van der Waals surface area contributed by atoms with Gasteiger partial charge in [-0.1, -0.05) is 133 Å². The minimum atomic E-state index is 0.914. The predicted octanol–water partition coefficient (Wildman–Crippen LogP) is 14.5. The van der Waals surface area contributed by atoms with E-state index in [1.54, 1.807) is 0 Å². The molecule has 4 heteroatoms. The molecule has 0 aliphatic rings. The number of rotatable bonds is 4. The Morgan fingerprint density at radius 1 is 0.293 bits per heavy atom. The Kier molecular flexibility index (Phi) is 6.41. The predicted molar refractivity (Wildman–Crippen MR) is 242 cm³/mol. The van der Waals surface area contributed by atoms with E-state index in [4.69, 9.17) is 4.42 Å². The van der Waals surface area contributed by atoms with Crippen LogP contribution < -0.4 is 0 Å². The van der Waals surface area contributed by atoms with Crippen molar-refractivity contribution in [2.75, 3.05) is 0 Å². The summed E-state index contributed by atoms with van der Waals surface area (Å²) in [4.78, 5) is 0. The van der Waals surface area contributed by atoms with Crippen LogP contribution in [0.15, 0.2) is 205 Å². The van der Waals surface area contributed by atoms with Gasteiger partial charge in [-0.3, -0.25) is 0 Å². The van der Waals surface area contributed by atoms with Gasteiger partial charge in [-0.2, -0.15) is 0 Å². The van der Waals surface area contributed by atoms with E-state index in [0.29, 0.717) is 0 Å². The van der Waals surface area contributed by atoms with Crippen LogP contribution in [0.5, 0.6) is 0 Å². The van der Waals surface area contributed by atoms with Crippen molar-refractivity contribution in [3.05, 3.63) is 200 Å². The average Bonchev–Trinajstić information content (AvgIpc) is 4.02. The first kappa shape index (κ1) is 31.4. The molecule has 0 spiro atoms. The summed E-state index contributed by atoms with van der Waals surface area (Å²) < 4.78 is 13.6. The zero-order valence-corrected chi connectivity index (χ0v) is 31.3. The summed E-state index contributed by atoms with van der Waals surface area (Å²) in [7, 11) is 0. The van der Waals surface area contributed by atoms with E-state index in [2.05, 4.69) is 202 Å². The molecule has 0 unspecified atom stereocenters. The van der Waals surface area contributed by atoms with E-state index in [9.17, 15) is 0 Å². The molecule has 0 amide bonds. The number of benzene rings is 9. The van der Waals surface area contributed by atoms with E-state index in [-0.39, 0.29) is 0 Å². The van der Waals surface area contributed by atoms with Gasteiger partial charge in [-0.15, -0.1) is 0 Å². The second-order valence-corrected chi connectivity index (χ2v) is 15.3. The second-order valence-electron chi connectivity index (χ2n) is 15.3. The lowest BCUT2D eigenvalue weighted by molar-refractivity contribution is 0.670. The highest BCUT2D eigenvalue weighted by Gasteiger charge is 2.19. The number of nitrogens with zero attached hydrogens (tertiary/aromatic N) is 3. The summed E-state index contributed by atoms with van der Waals surface area (Å²) >= 11 is 0. The van der Waals surface area contributed by atoms with Gasteiger partial charge >= 0.3 is 0 Å². The third kappa shape index (κ3) is 4.34. The van der Waals surface area contributed by atoms with Gasteiger partial charge in [0.15, 0.2) is 0 Å². The van der Waals surface area contributed by atoms with Crippen molar-refractivity contribution in [2.24, 2.45) is 0 Å². The molecular weight excluding hydrogens is 707 g/mol. The van der Waals surface area contributed by atoms with Crippen molar-refractivity contribution < 1.29 is 4.42 Å². The fourth-order valence-electron chi connectivity index (χ4n) is 9.66. The fraction of sp³-hybridized carbons (Fsp3) is 0. The molecule has 0 fully saturated rings. The third-order valence-corrected chi connectivity index (χ3v) is 12.2. The minimum absolute atomic E-state index is 0.914. The molecule has 58 heavy (non-hydrogen) atoms. The Balaban J connectivity index is 0.949. The molecule has 0 saturated carbocycles. The summed E-state index contributed by atoms with van der Waals surface area (Å²) in [5.74, 6) is 0. The molecule has 0 aliphatic carbocycles. The number of hydrogen-bond acceptors (Lipinski definition) is 1. The van der Waals surface area contributed by atoms with Gasteiger partial charge in [0.05, 0.1) is 33.1 Å². The van der Waals surface area contributed by atoms with Gasteiger partial charge in [-0.25, -0.2) is 9.35 Å². The molecule has 0 aliphatic heterocycles. The van der Waals surface area contributed by atoms with Crippen LogP contribution in [-0.2, 0) is 0 Å².